The molecule has 23 heavy (non-hydrogen) atoms. The van der Waals surface area contributed by atoms with Gasteiger partial charge in [-0.15, -0.1) is 0 Å². The second-order valence-electron chi connectivity index (χ2n) is 7.14. The van der Waals surface area contributed by atoms with Crippen molar-refractivity contribution in [3.63, 3.8) is 0 Å². The highest BCUT2D eigenvalue weighted by molar-refractivity contribution is 6.31. The number of nitrogens with one attached hydrogen (secondary N) is 1. The van der Waals surface area contributed by atoms with Crippen molar-refractivity contribution in [1.29, 1.82) is 0 Å². The third-order valence-electron chi connectivity index (χ3n) is 4.21. The fraction of sp³-hybridized carbons (Fsp3) is 0.444. The number of aromatic nitrogens is 2. The average Bonchev–Trinajstić information content (AvgIpc) is 2.48. The Balaban J connectivity index is 1.87. The van der Waals surface area contributed by atoms with Crippen LogP contribution in [-0.2, 0) is 24.9 Å². The van der Waals surface area contributed by atoms with Crippen molar-refractivity contribution in [2.75, 3.05) is 6.54 Å². The van der Waals surface area contributed by atoms with Gasteiger partial charge >= 0.3 is 0 Å². The van der Waals surface area contributed by atoms with Crippen LogP contribution >= 0.6 is 11.6 Å². The molecule has 0 fully saturated rings. The quantitative estimate of drug-likeness (QED) is 0.918. The van der Waals surface area contributed by atoms with Crippen molar-refractivity contribution >= 4 is 11.6 Å². The number of halogens is 1. The van der Waals surface area contributed by atoms with Gasteiger partial charge in [-0.2, -0.15) is 0 Å². The topological polar surface area (TPSA) is 49.0 Å². The number of nitrogens with zero attached hydrogens (tertiary/aromatic N) is 2. The first-order valence-corrected chi connectivity index (χ1v) is 8.30. The molecular formula is C18H22ClN3O. The van der Waals surface area contributed by atoms with Gasteiger partial charge in [0.15, 0.2) is 0 Å². The van der Waals surface area contributed by atoms with Crippen molar-refractivity contribution in [3.05, 3.63) is 62.3 Å². The molecule has 2 aromatic rings. The smallest absolute Gasteiger partial charge is 0.254 e. The van der Waals surface area contributed by atoms with Crippen LogP contribution in [0.4, 0.5) is 0 Å². The van der Waals surface area contributed by atoms with Crippen molar-refractivity contribution < 1.29 is 0 Å². The SMILES string of the molecule is CC(C)(C)c1nc2c(c(=O)[nH]1)CCN(Cc1ccccc1Cl)C2. The molecule has 5 heteroatoms. The Kier molecular flexibility index (Phi) is 4.30. The van der Waals surface area contributed by atoms with E-state index in [1.54, 1.807) is 0 Å². The minimum absolute atomic E-state index is 0.0114. The van der Waals surface area contributed by atoms with Gasteiger partial charge in [0.05, 0.1) is 5.69 Å². The third-order valence-corrected chi connectivity index (χ3v) is 4.58. The summed E-state index contributed by atoms with van der Waals surface area (Å²) in [7, 11) is 0. The van der Waals surface area contributed by atoms with Crippen LogP contribution in [0.25, 0.3) is 0 Å². The molecule has 0 saturated heterocycles. The summed E-state index contributed by atoms with van der Waals surface area (Å²) >= 11 is 6.26. The van der Waals surface area contributed by atoms with Crippen LogP contribution < -0.4 is 5.56 Å². The standard InChI is InChI=1S/C18H22ClN3O/c1-18(2,3)17-20-15-11-22(9-8-13(15)16(23)21-17)10-12-6-4-5-7-14(12)19/h4-7H,8-11H2,1-3H3,(H,20,21,23). The Hall–Kier alpha value is -1.65. The maximum atomic E-state index is 12.3. The van der Waals surface area contributed by atoms with Crippen LogP contribution in [0.5, 0.6) is 0 Å². The molecule has 1 N–H and O–H groups in total. The molecule has 0 radical (unpaired) electrons. The van der Waals surface area contributed by atoms with E-state index in [-0.39, 0.29) is 11.0 Å². The first kappa shape index (κ1) is 16.2. The van der Waals surface area contributed by atoms with Gasteiger partial charge in [-0.1, -0.05) is 50.6 Å². The first-order chi connectivity index (χ1) is 10.8. The van der Waals surface area contributed by atoms with Crippen LogP contribution in [0.15, 0.2) is 29.1 Å². The number of aromatic amines is 1. The number of rotatable bonds is 2. The monoisotopic (exact) mass is 331 g/mol. The van der Waals surface area contributed by atoms with Crippen molar-refractivity contribution in [1.82, 2.24) is 14.9 Å². The van der Waals surface area contributed by atoms with E-state index in [1.165, 1.54) is 0 Å². The minimum atomic E-state index is -0.167. The number of H-pyrrole nitrogens is 1. The van der Waals surface area contributed by atoms with Gasteiger partial charge < -0.3 is 4.98 Å². The molecule has 122 valence electrons. The van der Waals surface area contributed by atoms with Gasteiger partial charge in [-0.25, -0.2) is 4.98 Å². The van der Waals surface area contributed by atoms with Crippen molar-refractivity contribution in [2.24, 2.45) is 0 Å². The van der Waals surface area contributed by atoms with E-state index in [0.717, 1.165) is 47.2 Å². The summed E-state index contributed by atoms with van der Waals surface area (Å²) in [6.07, 6.45) is 0.729. The van der Waals surface area contributed by atoms with Crippen LogP contribution in [-0.4, -0.2) is 21.4 Å². The van der Waals surface area contributed by atoms with E-state index in [9.17, 15) is 4.79 Å². The second-order valence-corrected chi connectivity index (χ2v) is 7.55. The third kappa shape index (κ3) is 3.48. The predicted molar refractivity (Wildman–Crippen MR) is 92.8 cm³/mol. The molecule has 0 unspecified atom stereocenters. The lowest BCUT2D eigenvalue weighted by Crippen LogP contribution is -2.36. The summed E-state index contributed by atoms with van der Waals surface area (Å²) in [5.74, 6) is 0.751. The summed E-state index contributed by atoms with van der Waals surface area (Å²) in [4.78, 5) is 22.3. The number of hydrogen-bond acceptors (Lipinski definition) is 3. The Labute approximate surface area is 141 Å². The molecule has 1 aliphatic rings. The predicted octanol–water partition coefficient (Wildman–Crippen LogP) is 3.28. The fourth-order valence-corrected chi connectivity index (χ4v) is 3.05. The highest BCUT2D eigenvalue weighted by Crippen LogP contribution is 2.23. The van der Waals surface area contributed by atoms with Gasteiger partial charge in [0.1, 0.15) is 5.82 Å². The van der Waals surface area contributed by atoms with E-state index in [1.807, 2.05) is 24.3 Å². The second kappa shape index (κ2) is 6.10. The van der Waals surface area contributed by atoms with E-state index < -0.39 is 0 Å². The Bertz CT molecular complexity index is 777. The normalized spacial score (nSPS) is 15.5. The number of hydrogen-bond donors (Lipinski definition) is 1. The summed E-state index contributed by atoms with van der Waals surface area (Å²) in [6.45, 7) is 8.48. The van der Waals surface area contributed by atoms with E-state index in [2.05, 4.69) is 30.7 Å². The van der Waals surface area contributed by atoms with Crippen molar-refractivity contribution in [2.45, 2.75) is 45.7 Å². The van der Waals surface area contributed by atoms with Crippen LogP contribution in [0.2, 0.25) is 5.02 Å². The molecular weight excluding hydrogens is 310 g/mol. The molecule has 1 aromatic carbocycles. The number of benzene rings is 1. The molecule has 0 saturated carbocycles. The van der Waals surface area contributed by atoms with E-state index in [0.29, 0.717) is 6.54 Å². The maximum Gasteiger partial charge on any atom is 0.254 e. The van der Waals surface area contributed by atoms with Crippen LogP contribution in [0.1, 0.15) is 43.4 Å². The fourth-order valence-electron chi connectivity index (χ4n) is 2.85. The largest absolute Gasteiger partial charge is 0.310 e. The van der Waals surface area contributed by atoms with Crippen LogP contribution in [0, 0.1) is 0 Å². The van der Waals surface area contributed by atoms with E-state index in [4.69, 9.17) is 16.6 Å². The summed E-state index contributed by atoms with van der Waals surface area (Å²) in [5, 5.41) is 0.785. The average molecular weight is 332 g/mol. The zero-order valence-corrected chi connectivity index (χ0v) is 14.6. The molecule has 2 heterocycles. The Morgan fingerprint density at radius 1 is 1.30 bits per heavy atom. The zero-order chi connectivity index (χ0) is 16.6. The molecule has 0 spiro atoms. The summed E-state index contributed by atoms with van der Waals surface area (Å²) < 4.78 is 0. The Morgan fingerprint density at radius 3 is 2.74 bits per heavy atom. The van der Waals surface area contributed by atoms with Crippen molar-refractivity contribution in [3.8, 4) is 0 Å². The lowest BCUT2D eigenvalue weighted by Gasteiger charge is -2.29. The molecule has 0 aliphatic carbocycles. The lowest BCUT2D eigenvalue weighted by atomic mass is 9.95. The van der Waals surface area contributed by atoms with Gasteiger partial charge in [0, 0.05) is 35.6 Å². The lowest BCUT2D eigenvalue weighted by molar-refractivity contribution is 0.239. The van der Waals surface area contributed by atoms with Gasteiger partial charge in [-0.3, -0.25) is 9.69 Å². The summed E-state index contributed by atoms with van der Waals surface area (Å²) in [6, 6.07) is 7.90. The van der Waals surface area contributed by atoms with E-state index >= 15 is 0 Å². The van der Waals surface area contributed by atoms with Gasteiger partial charge in [0.25, 0.3) is 5.56 Å². The minimum Gasteiger partial charge on any atom is -0.310 e. The maximum absolute atomic E-state index is 12.3. The summed E-state index contributed by atoms with van der Waals surface area (Å²) in [5.41, 5.74) is 2.68. The molecule has 0 amide bonds. The van der Waals surface area contributed by atoms with Gasteiger partial charge in [-0.05, 0) is 18.1 Å². The molecule has 0 atom stereocenters. The molecule has 3 rings (SSSR count). The van der Waals surface area contributed by atoms with Crippen LogP contribution in [0.3, 0.4) is 0 Å². The number of fused-ring (bicyclic) bond motifs is 1. The molecule has 1 aliphatic heterocycles. The molecule has 4 nitrogen and oxygen atoms in total. The zero-order valence-electron chi connectivity index (χ0n) is 13.8. The Morgan fingerprint density at radius 2 is 2.04 bits per heavy atom. The molecule has 0 bridgehead atoms. The molecule has 1 aromatic heterocycles. The first-order valence-electron chi connectivity index (χ1n) is 7.93. The highest BCUT2D eigenvalue weighted by atomic mass is 35.5. The van der Waals surface area contributed by atoms with Gasteiger partial charge in [0.2, 0.25) is 0 Å². The highest BCUT2D eigenvalue weighted by Gasteiger charge is 2.24.